The minimum Gasteiger partial charge on any atom is -0.383 e. The molecule has 3 aromatic carbocycles. The van der Waals surface area contributed by atoms with E-state index in [2.05, 4.69) is 32.5 Å². The molecule has 0 aliphatic heterocycles. The molecule has 0 atom stereocenters. The number of anilines is 1. The Bertz CT molecular complexity index is 1530. The van der Waals surface area contributed by atoms with Crippen molar-refractivity contribution < 1.29 is 9.18 Å². The van der Waals surface area contributed by atoms with Gasteiger partial charge in [-0.1, -0.05) is 54.6 Å². The summed E-state index contributed by atoms with van der Waals surface area (Å²) >= 11 is 0. The minimum absolute atomic E-state index is 0.134. The van der Waals surface area contributed by atoms with E-state index in [1.54, 1.807) is 12.1 Å². The number of halogens is 1. The number of aryl methyl sites for hydroxylation is 1. The van der Waals surface area contributed by atoms with E-state index in [-0.39, 0.29) is 23.1 Å². The van der Waals surface area contributed by atoms with Crippen LogP contribution in [0.1, 0.15) is 27.9 Å². The Morgan fingerprint density at radius 1 is 0.971 bits per heavy atom. The smallest absolute Gasteiger partial charge is 0.257 e. The van der Waals surface area contributed by atoms with E-state index in [0.717, 1.165) is 12.8 Å². The second-order valence-electron chi connectivity index (χ2n) is 8.10. The number of nitrogen functional groups attached to an aromatic ring is 1. The monoisotopic (exact) mass is 466 g/mol. The summed E-state index contributed by atoms with van der Waals surface area (Å²) in [4.78, 5) is 22.5. The summed E-state index contributed by atoms with van der Waals surface area (Å²) in [6.45, 7) is 0.486. The molecule has 5 aromatic rings. The maximum absolute atomic E-state index is 13.3. The van der Waals surface area contributed by atoms with Crippen molar-refractivity contribution in [1.82, 2.24) is 20.0 Å². The first-order valence-corrected chi connectivity index (χ1v) is 11.3. The molecule has 0 saturated heterocycles. The van der Waals surface area contributed by atoms with Gasteiger partial charge in [-0.3, -0.25) is 4.79 Å². The molecule has 5 rings (SSSR count). The summed E-state index contributed by atoms with van der Waals surface area (Å²) in [5, 5.41) is 7.39. The Balaban J connectivity index is 1.47. The highest BCUT2D eigenvalue weighted by atomic mass is 19.1. The number of carbonyl (C=O) groups is 1. The predicted octanol–water partition coefficient (Wildman–Crippen LogP) is 4.55. The topological polar surface area (TPSA) is 98.2 Å². The van der Waals surface area contributed by atoms with E-state index in [1.807, 2.05) is 42.5 Å². The predicted molar refractivity (Wildman–Crippen MR) is 136 cm³/mol. The Morgan fingerprint density at radius 2 is 1.66 bits per heavy atom. The van der Waals surface area contributed by atoms with Crippen LogP contribution in [0.2, 0.25) is 0 Å². The molecule has 174 valence electrons. The fourth-order valence-electron chi connectivity index (χ4n) is 3.89. The van der Waals surface area contributed by atoms with E-state index in [1.165, 1.54) is 28.6 Å². The highest BCUT2D eigenvalue weighted by molar-refractivity contribution is 6.10. The van der Waals surface area contributed by atoms with Gasteiger partial charge in [0.05, 0.1) is 17.2 Å². The molecule has 0 unspecified atom stereocenters. The van der Waals surface area contributed by atoms with Crippen LogP contribution in [0.5, 0.6) is 0 Å². The van der Waals surface area contributed by atoms with E-state index >= 15 is 0 Å². The molecule has 0 saturated carbocycles. The molecule has 0 bridgehead atoms. The molecule has 0 aliphatic rings. The van der Waals surface area contributed by atoms with E-state index in [4.69, 9.17) is 5.73 Å². The molecule has 1 amide bonds. The van der Waals surface area contributed by atoms with Crippen molar-refractivity contribution in [1.29, 1.82) is 0 Å². The Hall–Kier alpha value is -4.59. The van der Waals surface area contributed by atoms with Gasteiger partial charge >= 0.3 is 0 Å². The van der Waals surface area contributed by atoms with Crippen molar-refractivity contribution in [3.05, 3.63) is 101 Å². The van der Waals surface area contributed by atoms with Crippen LogP contribution in [-0.2, 0) is 6.42 Å². The first-order chi connectivity index (χ1) is 17.1. The highest BCUT2D eigenvalue weighted by Crippen LogP contribution is 2.27. The van der Waals surface area contributed by atoms with Crippen molar-refractivity contribution in [3.8, 4) is 0 Å². The highest BCUT2D eigenvalue weighted by Gasteiger charge is 2.23. The number of nitrogens with zero attached hydrogens (tertiary/aromatic N) is 4. The summed E-state index contributed by atoms with van der Waals surface area (Å²) in [5.74, 6) is -0.535. The summed E-state index contributed by atoms with van der Waals surface area (Å²) in [5.41, 5.74) is 10.6. The van der Waals surface area contributed by atoms with E-state index < -0.39 is 0 Å². The Kier molecular flexibility index (Phi) is 6.17. The lowest BCUT2D eigenvalue weighted by Crippen LogP contribution is -2.25. The van der Waals surface area contributed by atoms with Crippen molar-refractivity contribution in [2.75, 3.05) is 12.3 Å². The molecule has 2 aromatic heterocycles. The van der Waals surface area contributed by atoms with Gasteiger partial charge in [-0.15, -0.1) is 0 Å². The maximum Gasteiger partial charge on any atom is 0.257 e. The minimum atomic E-state index is -0.336. The first kappa shape index (κ1) is 22.2. The molecule has 0 radical (unpaired) electrons. The molecule has 35 heavy (non-hydrogen) atoms. The number of hydrogen-bond acceptors (Lipinski definition) is 5. The zero-order valence-corrected chi connectivity index (χ0v) is 18.9. The van der Waals surface area contributed by atoms with Crippen LogP contribution in [0.3, 0.4) is 0 Å². The molecule has 7 nitrogen and oxygen atoms in total. The average Bonchev–Trinajstić information content (AvgIpc) is 3.15. The first-order valence-electron chi connectivity index (χ1n) is 11.3. The summed E-state index contributed by atoms with van der Waals surface area (Å²) in [6, 6.07) is 23.4. The molecule has 0 fully saturated rings. The fourth-order valence-corrected chi connectivity index (χ4v) is 3.89. The van der Waals surface area contributed by atoms with Gasteiger partial charge in [-0.25, -0.2) is 14.4 Å². The zero-order chi connectivity index (χ0) is 24.2. The van der Waals surface area contributed by atoms with Gasteiger partial charge in [0.25, 0.3) is 5.91 Å². The number of para-hydroxylation sites is 2. The molecular formula is C27H23FN6O. The van der Waals surface area contributed by atoms with Crippen molar-refractivity contribution in [2.24, 2.45) is 5.10 Å². The van der Waals surface area contributed by atoms with Crippen LogP contribution in [0, 0.1) is 5.82 Å². The molecule has 3 N–H and O–H groups in total. The Morgan fingerprint density at radius 3 is 2.40 bits per heavy atom. The third-order valence-electron chi connectivity index (χ3n) is 5.66. The number of carbonyl (C=O) groups excluding carboxylic acids is 1. The lowest BCUT2D eigenvalue weighted by molar-refractivity contribution is 0.0955. The molecule has 0 spiro atoms. The van der Waals surface area contributed by atoms with Gasteiger partial charge in [-0.05, 0) is 48.2 Å². The van der Waals surface area contributed by atoms with Gasteiger partial charge < -0.3 is 11.1 Å². The van der Waals surface area contributed by atoms with Crippen LogP contribution >= 0.6 is 0 Å². The third-order valence-corrected chi connectivity index (χ3v) is 5.66. The molecular weight excluding hydrogens is 443 g/mol. The SMILES string of the molecule is Nc1c(C(=O)NCCCc2ccccc2)c2nc3ccccc3nc2n1/N=C\c1ccc(F)cc1. The number of nitrogens with two attached hydrogens (primary N) is 1. The zero-order valence-electron chi connectivity index (χ0n) is 18.9. The van der Waals surface area contributed by atoms with Crippen LogP contribution in [0.25, 0.3) is 22.2 Å². The third kappa shape index (κ3) is 4.72. The Labute approximate surface area is 201 Å². The van der Waals surface area contributed by atoms with Crippen LogP contribution in [0.4, 0.5) is 10.2 Å². The normalized spacial score (nSPS) is 11.5. The van der Waals surface area contributed by atoms with Gasteiger partial charge in [0, 0.05) is 6.54 Å². The number of nitrogens with one attached hydrogen (secondary N) is 1. The number of benzene rings is 3. The summed E-state index contributed by atoms with van der Waals surface area (Å²) < 4.78 is 14.7. The lowest BCUT2D eigenvalue weighted by atomic mass is 10.1. The van der Waals surface area contributed by atoms with Crippen LogP contribution in [0.15, 0.2) is 84.0 Å². The van der Waals surface area contributed by atoms with Crippen LogP contribution < -0.4 is 11.1 Å². The second kappa shape index (κ2) is 9.72. The number of rotatable bonds is 7. The fraction of sp³-hybridized carbons (Fsp3) is 0.111. The summed E-state index contributed by atoms with van der Waals surface area (Å²) in [6.07, 6.45) is 3.17. The van der Waals surface area contributed by atoms with Gasteiger partial charge in [0.2, 0.25) is 0 Å². The number of aromatic nitrogens is 3. The number of fused-ring (bicyclic) bond motifs is 2. The van der Waals surface area contributed by atoms with Crippen molar-refractivity contribution >= 4 is 40.1 Å². The molecule has 2 heterocycles. The largest absolute Gasteiger partial charge is 0.383 e. The van der Waals surface area contributed by atoms with Crippen LogP contribution in [-0.4, -0.2) is 33.3 Å². The van der Waals surface area contributed by atoms with Crippen molar-refractivity contribution in [2.45, 2.75) is 12.8 Å². The van der Waals surface area contributed by atoms with Gasteiger partial charge in [-0.2, -0.15) is 9.78 Å². The quantitative estimate of drug-likeness (QED) is 0.272. The lowest BCUT2D eigenvalue weighted by Gasteiger charge is -2.06. The maximum atomic E-state index is 13.3. The van der Waals surface area contributed by atoms with Crippen molar-refractivity contribution in [3.63, 3.8) is 0 Å². The second-order valence-corrected chi connectivity index (χ2v) is 8.10. The molecule has 8 heteroatoms. The van der Waals surface area contributed by atoms with Gasteiger partial charge in [0.1, 0.15) is 22.7 Å². The summed E-state index contributed by atoms with van der Waals surface area (Å²) in [7, 11) is 0. The number of amides is 1. The number of hydrogen-bond donors (Lipinski definition) is 2. The standard InChI is InChI=1S/C27H23FN6O/c28-20-14-12-19(13-15-20)17-31-34-25(29)23(24-26(34)33-22-11-5-4-10-21(22)32-24)27(35)30-16-6-9-18-7-2-1-3-8-18/h1-5,7-8,10-15,17H,6,9,16,29H2,(H,30,35)/b31-17-. The van der Waals surface area contributed by atoms with Gasteiger partial charge in [0.15, 0.2) is 5.65 Å². The van der Waals surface area contributed by atoms with E-state index in [9.17, 15) is 9.18 Å². The molecule has 0 aliphatic carbocycles. The average molecular weight is 467 g/mol. The van der Waals surface area contributed by atoms with E-state index in [0.29, 0.717) is 34.3 Å².